The van der Waals surface area contributed by atoms with Crippen molar-refractivity contribution in [2.24, 2.45) is 11.7 Å². The van der Waals surface area contributed by atoms with Gasteiger partial charge in [-0.05, 0) is 38.0 Å². The number of nitrogens with two attached hydrogens (primary N) is 1. The van der Waals surface area contributed by atoms with E-state index in [9.17, 15) is 4.79 Å². The molecule has 4 aromatic rings. The van der Waals surface area contributed by atoms with Crippen molar-refractivity contribution >= 4 is 28.9 Å². The third-order valence-corrected chi connectivity index (χ3v) is 7.28. The minimum absolute atomic E-state index is 0.0393. The normalized spacial score (nSPS) is 18.8. The number of halogens is 2. The van der Waals surface area contributed by atoms with Gasteiger partial charge < -0.3 is 30.3 Å². The van der Waals surface area contributed by atoms with Gasteiger partial charge in [-0.25, -0.2) is 18.6 Å². The van der Waals surface area contributed by atoms with Crippen LogP contribution >= 0.6 is 0 Å². The Morgan fingerprint density at radius 2 is 1.90 bits per heavy atom. The standard InChI is InChI=1S/C29H34F2N8O3/c1-16(2)42-19-10-20(30)26(21(31)11-19)23-7-6-18-12-34-28(39(18)36-23)35-24-13-33-9-8-25(24)38-14-17(3)27(22(32)15-38)37(4)29(40)41-5/h6-13,16-17,22,27H,14-15,32H2,1-5H3,(H,34,35)/t17-,22+,27-/m0/s1. The molecule has 3 N–H and O–H groups in total. The molecule has 0 bridgehead atoms. The molecule has 4 heterocycles. The largest absolute Gasteiger partial charge is 0.491 e. The van der Waals surface area contributed by atoms with Crippen molar-refractivity contribution in [3.63, 3.8) is 0 Å². The Labute approximate surface area is 242 Å². The minimum atomic E-state index is -0.784. The molecule has 0 saturated carbocycles. The van der Waals surface area contributed by atoms with E-state index in [-0.39, 0.29) is 41.1 Å². The maximum absolute atomic E-state index is 15.0. The molecule has 11 nitrogen and oxygen atoms in total. The van der Waals surface area contributed by atoms with Gasteiger partial charge in [-0.2, -0.15) is 9.61 Å². The number of ether oxygens (including phenoxy) is 2. The van der Waals surface area contributed by atoms with Crippen LogP contribution in [0.15, 0.2) is 48.9 Å². The average Bonchev–Trinajstić information content (AvgIpc) is 3.33. The summed E-state index contributed by atoms with van der Waals surface area (Å²) in [6.45, 7) is 6.70. The number of methoxy groups -OCH3 is 1. The molecule has 3 aromatic heterocycles. The zero-order valence-corrected chi connectivity index (χ0v) is 24.1. The highest BCUT2D eigenvalue weighted by atomic mass is 19.1. The van der Waals surface area contributed by atoms with E-state index < -0.39 is 17.7 Å². The van der Waals surface area contributed by atoms with Crippen molar-refractivity contribution in [1.29, 1.82) is 0 Å². The quantitative estimate of drug-likeness (QED) is 0.326. The Morgan fingerprint density at radius 3 is 2.57 bits per heavy atom. The molecule has 1 fully saturated rings. The highest BCUT2D eigenvalue weighted by molar-refractivity contribution is 5.74. The maximum atomic E-state index is 15.0. The molecule has 0 unspecified atom stereocenters. The molecule has 5 rings (SSSR count). The van der Waals surface area contributed by atoms with E-state index in [1.54, 1.807) is 56.5 Å². The molecule has 0 radical (unpaired) electrons. The first kappa shape index (κ1) is 29.0. The van der Waals surface area contributed by atoms with Crippen molar-refractivity contribution in [2.45, 2.75) is 39.0 Å². The van der Waals surface area contributed by atoms with Crippen molar-refractivity contribution in [3.8, 4) is 17.0 Å². The minimum Gasteiger partial charge on any atom is -0.491 e. The lowest BCUT2D eigenvalue weighted by Gasteiger charge is -2.45. The van der Waals surface area contributed by atoms with Crippen LogP contribution in [0.4, 0.5) is 30.9 Å². The lowest BCUT2D eigenvalue weighted by molar-refractivity contribution is 0.0906. The fraction of sp³-hybridized carbons (Fsp3) is 0.379. The molecule has 1 saturated heterocycles. The molecule has 222 valence electrons. The van der Waals surface area contributed by atoms with Crippen molar-refractivity contribution in [3.05, 3.63) is 60.6 Å². The van der Waals surface area contributed by atoms with Crippen LogP contribution < -0.4 is 20.7 Å². The Balaban J connectivity index is 1.43. The molecular formula is C29H34F2N8O3. The summed E-state index contributed by atoms with van der Waals surface area (Å²) in [5.74, 6) is -1.09. The molecular weight excluding hydrogens is 546 g/mol. The second-order valence-corrected chi connectivity index (χ2v) is 10.7. The zero-order chi connectivity index (χ0) is 30.1. The number of imidazole rings is 1. The summed E-state index contributed by atoms with van der Waals surface area (Å²) in [6.07, 6.45) is 4.29. The zero-order valence-electron chi connectivity index (χ0n) is 24.1. The molecule has 1 aliphatic rings. The van der Waals surface area contributed by atoms with Crippen LogP contribution in [0, 0.1) is 17.6 Å². The van der Waals surface area contributed by atoms with Gasteiger partial charge in [0.1, 0.15) is 17.4 Å². The summed E-state index contributed by atoms with van der Waals surface area (Å²) in [4.78, 5) is 24.6. The van der Waals surface area contributed by atoms with Crippen LogP contribution in [0.1, 0.15) is 20.8 Å². The van der Waals surface area contributed by atoms with E-state index in [4.69, 9.17) is 15.2 Å². The van der Waals surface area contributed by atoms with Gasteiger partial charge in [-0.3, -0.25) is 4.98 Å². The predicted molar refractivity (Wildman–Crippen MR) is 155 cm³/mol. The summed E-state index contributed by atoms with van der Waals surface area (Å²) in [5, 5.41) is 7.78. The van der Waals surface area contributed by atoms with Crippen LogP contribution in [0.25, 0.3) is 16.8 Å². The molecule has 0 aliphatic carbocycles. The molecule has 0 spiro atoms. The van der Waals surface area contributed by atoms with Crippen molar-refractivity contribution in [2.75, 3.05) is 37.5 Å². The Morgan fingerprint density at radius 1 is 1.17 bits per heavy atom. The van der Waals surface area contributed by atoms with E-state index in [0.29, 0.717) is 30.2 Å². The summed E-state index contributed by atoms with van der Waals surface area (Å²) in [5.41, 5.74) is 8.48. The number of pyridine rings is 1. The first-order chi connectivity index (χ1) is 20.1. The Kier molecular flexibility index (Phi) is 8.12. The van der Waals surface area contributed by atoms with E-state index in [1.807, 2.05) is 13.0 Å². The van der Waals surface area contributed by atoms with E-state index in [2.05, 4.69) is 25.3 Å². The number of nitrogens with zero attached hydrogens (tertiary/aromatic N) is 6. The SMILES string of the molecule is COC(=O)N(C)[C@@H]1[C@H](N)CN(c2ccncc2Nc2ncc3ccc(-c4c(F)cc(OC(C)C)cc4F)nn23)C[C@@H]1C. The maximum Gasteiger partial charge on any atom is 0.409 e. The second-order valence-electron chi connectivity index (χ2n) is 10.7. The Bertz CT molecular complexity index is 1560. The monoisotopic (exact) mass is 580 g/mol. The van der Waals surface area contributed by atoms with Crippen LogP contribution in [-0.4, -0.2) is 76.0 Å². The number of hydrogen-bond donors (Lipinski definition) is 2. The van der Waals surface area contributed by atoms with Gasteiger partial charge in [0.25, 0.3) is 0 Å². The predicted octanol–water partition coefficient (Wildman–Crippen LogP) is 4.45. The van der Waals surface area contributed by atoms with Gasteiger partial charge in [0.2, 0.25) is 5.95 Å². The highest BCUT2D eigenvalue weighted by Crippen LogP contribution is 2.33. The number of nitrogens with one attached hydrogen (secondary N) is 1. The van der Waals surface area contributed by atoms with E-state index in [0.717, 1.165) is 17.8 Å². The van der Waals surface area contributed by atoms with Crippen LogP contribution in [0.5, 0.6) is 5.75 Å². The highest BCUT2D eigenvalue weighted by Gasteiger charge is 2.38. The smallest absolute Gasteiger partial charge is 0.409 e. The lowest BCUT2D eigenvalue weighted by atomic mass is 9.89. The topological polar surface area (TPSA) is 123 Å². The van der Waals surface area contributed by atoms with Crippen LogP contribution in [0.2, 0.25) is 0 Å². The van der Waals surface area contributed by atoms with Crippen molar-refractivity contribution < 1.29 is 23.0 Å². The van der Waals surface area contributed by atoms with E-state index in [1.165, 1.54) is 11.6 Å². The van der Waals surface area contributed by atoms with Gasteiger partial charge in [0.05, 0.1) is 59.8 Å². The number of likely N-dealkylation sites (N-methyl/N-ethyl adjacent to an activating group) is 1. The lowest BCUT2D eigenvalue weighted by Crippen LogP contribution is -2.62. The molecule has 1 aromatic carbocycles. The van der Waals surface area contributed by atoms with Gasteiger partial charge in [0, 0.05) is 44.5 Å². The van der Waals surface area contributed by atoms with E-state index >= 15 is 8.78 Å². The average molecular weight is 581 g/mol. The molecule has 1 amide bonds. The third-order valence-electron chi connectivity index (χ3n) is 7.28. The number of benzene rings is 1. The number of amides is 1. The van der Waals surface area contributed by atoms with Gasteiger partial charge in [0.15, 0.2) is 0 Å². The van der Waals surface area contributed by atoms with Crippen LogP contribution in [-0.2, 0) is 4.74 Å². The molecule has 3 atom stereocenters. The van der Waals surface area contributed by atoms with Gasteiger partial charge >= 0.3 is 6.09 Å². The fourth-order valence-electron chi connectivity index (χ4n) is 5.56. The fourth-order valence-corrected chi connectivity index (χ4v) is 5.56. The van der Waals surface area contributed by atoms with Crippen molar-refractivity contribution in [1.82, 2.24) is 24.5 Å². The first-order valence-corrected chi connectivity index (χ1v) is 13.6. The first-order valence-electron chi connectivity index (χ1n) is 13.6. The summed E-state index contributed by atoms with van der Waals surface area (Å²) in [7, 11) is 3.04. The number of piperidine rings is 1. The summed E-state index contributed by atoms with van der Waals surface area (Å²) in [6, 6.07) is 6.86. The molecule has 42 heavy (non-hydrogen) atoms. The second kappa shape index (κ2) is 11.8. The third kappa shape index (κ3) is 5.64. The van der Waals surface area contributed by atoms with Gasteiger partial charge in [-0.15, -0.1) is 0 Å². The number of carbonyl (C=O) groups is 1. The Hall–Kier alpha value is -4.52. The summed E-state index contributed by atoms with van der Waals surface area (Å²) >= 11 is 0. The molecule has 1 aliphatic heterocycles. The number of anilines is 3. The number of rotatable bonds is 7. The number of carbonyl (C=O) groups excluding carboxylic acids is 1. The summed E-state index contributed by atoms with van der Waals surface area (Å²) < 4.78 is 41.9. The van der Waals surface area contributed by atoms with Gasteiger partial charge in [-0.1, -0.05) is 6.92 Å². The van der Waals surface area contributed by atoms with Crippen LogP contribution in [0.3, 0.4) is 0 Å². The number of aromatic nitrogens is 4. The number of hydrogen-bond acceptors (Lipinski definition) is 9. The molecule has 13 heteroatoms. The number of fused-ring (bicyclic) bond motifs is 1.